The van der Waals surface area contributed by atoms with Crippen molar-refractivity contribution >= 4 is 27.6 Å². The Balaban J connectivity index is 1.48. The van der Waals surface area contributed by atoms with E-state index in [1.54, 1.807) is 32.5 Å². The molecule has 0 bridgehead atoms. The van der Waals surface area contributed by atoms with Crippen LogP contribution in [0.1, 0.15) is 11.1 Å². The van der Waals surface area contributed by atoms with Crippen molar-refractivity contribution in [3.63, 3.8) is 0 Å². The summed E-state index contributed by atoms with van der Waals surface area (Å²) in [6.07, 6.45) is 4.30. The van der Waals surface area contributed by atoms with Gasteiger partial charge in [0.25, 0.3) is 5.69 Å². The third-order valence-electron chi connectivity index (χ3n) is 5.52. The molecule has 5 aromatic rings. The van der Waals surface area contributed by atoms with Crippen LogP contribution in [0.15, 0.2) is 71.4 Å². The van der Waals surface area contributed by atoms with Gasteiger partial charge in [0.2, 0.25) is 5.89 Å². The molecular formula is C25H19N3O5. The molecule has 2 aromatic heterocycles. The second-order valence-corrected chi connectivity index (χ2v) is 7.53. The minimum atomic E-state index is -0.435. The summed E-state index contributed by atoms with van der Waals surface area (Å²) in [7, 11) is 3.23. The van der Waals surface area contributed by atoms with Gasteiger partial charge < -0.3 is 13.9 Å². The number of methoxy groups -OCH3 is 2. The molecule has 0 saturated carbocycles. The highest BCUT2D eigenvalue weighted by Gasteiger charge is 2.13. The smallest absolute Gasteiger partial charge is 0.269 e. The van der Waals surface area contributed by atoms with E-state index >= 15 is 0 Å². The highest BCUT2D eigenvalue weighted by atomic mass is 16.6. The van der Waals surface area contributed by atoms with E-state index in [1.165, 1.54) is 12.1 Å². The first-order chi connectivity index (χ1) is 16.1. The zero-order valence-electron chi connectivity index (χ0n) is 17.9. The second kappa shape index (κ2) is 8.23. The zero-order valence-corrected chi connectivity index (χ0v) is 17.9. The molecule has 3 aromatic carbocycles. The van der Waals surface area contributed by atoms with E-state index < -0.39 is 4.92 Å². The minimum absolute atomic E-state index is 0.0232. The van der Waals surface area contributed by atoms with Gasteiger partial charge in [-0.15, -0.1) is 0 Å². The van der Waals surface area contributed by atoms with E-state index in [-0.39, 0.29) is 5.69 Å². The van der Waals surface area contributed by atoms with Gasteiger partial charge in [-0.3, -0.25) is 15.1 Å². The maximum atomic E-state index is 10.9. The molecular weight excluding hydrogens is 422 g/mol. The number of benzene rings is 3. The van der Waals surface area contributed by atoms with Crippen molar-refractivity contribution in [1.82, 2.24) is 9.97 Å². The standard InChI is InChI=1S/C25H19N3O5/c1-31-23-11-18-14-26-13-17(20(18)12-24(23)32-2)9-15-3-8-22-21(10-15)27-25(33-22)16-4-6-19(7-5-16)28(29)30/h3-8,10-14H,9H2,1-2H3. The van der Waals surface area contributed by atoms with E-state index in [4.69, 9.17) is 13.9 Å². The second-order valence-electron chi connectivity index (χ2n) is 7.53. The summed E-state index contributed by atoms with van der Waals surface area (Å²) in [5.74, 6) is 1.74. The Labute approximate surface area is 188 Å². The molecule has 2 heterocycles. The van der Waals surface area contributed by atoms with Crippen molar-refractivity contribution in [2.45, 2.75) is 6.42 Å². The molecule has 0 aliphatic rings. The molecule has 0 N–H and O–H groups in total. The maximum absolute atomic E-state index is 10.9. The lowest BCUT2D eigenvalue weighted by Gasteiger charge is -2.11. The molecule has 0 atom stereocenters. The summed E-state index contributed by atoms with van der Waals surface area (Å²) >= 11 is 0. The number of fused-ring (bicyclic) bond motifs is 2. The normalized spacial score (nSPS) is 11.1. The maximum Gasteiger partial charge on any atom is 0.269 e. The fourth-order valence-corrected chi connectivity index (χ4v) is 3.85. The molecule has 33 heavy (non-hydrogen) atoms. The van der Waals surface area contributed by atoms with Crippen LogP contribution in [0.25, 0.3) is 33.3 Å². The van der Waals surface area contributed by atoms with Crippen molar-refractivity contribution < 1.29 is 18.8 Å². The van der Waals surface area contributed by atoms with Crippen LogP contribution in [0.3, 0.4) is 0 Å². The van der Waals surface area contributed by atoms with Gasteiger partial charge in [-0.1, -0.05) is 6.07 Å². The molecule has 0 unspecified atom stereocenters. The van der Waals surface area contributed by atoms with E-state index in [0.717, 1.165) is 21.9 Å². The molecule has 8 heteroatoms. The van der Waals surface area contributed by atoms with Crippen LogP contribution in [-0.2, 0) is 6.42 Å². The van der Waals surface area contributed by atoms with Gasteiger partial charge in [0.15, 0.2) is 17.1 Å². The lowest BCUT2D eigenvalue weighted by Crippen LogP contribution is -1.95. The summed E-state index contributed by atoms with van der Waals surface area (Å²) in [5.41, 5.74) is 4.16. The van der Waals surface area contributed by atoms with Gasteiger partial charge in [0.05, 0.1) is 19.1 Å². The molecule has 8 nitrogen and oxygen atoms in total. The van der Waals surface area contributed by atoms with Crippen LogP contribution < -0.4 is 9.47 Å². The Morgan fingerprint density at radius 1 is 0.970 bits per heavy atom. The Bertz CT molecular complexity index is 1490. The van der Waals surface area contributed by atoms with Gasteiger partial charge in [-0.25, -0.2) is 4.98 Å². The Morgan fingerprint density at radius 2 is 1.73 bits per heavy atom. The van der Waals surface area contributed by atoms with E-state index in [1.807, 2.05) is 36.5 Å². The number of rotatable bonds is 6. The molecule has 5 rings (SSSR count). The first kappa shape index (κ1) is 20.4. The predicted molar refractivity (Wildman–Crippen MR) is 124 cm³/mol. The fourth-order valence-electron chi connectivity index (χ4n) is 3.85. The van der Waals surface area contributed by atoms with Gasteiger partial charge >= 0.3 is 0 Å². The summed E-state index contributed by atoms with van der Waals surface area (Å²) in [6.45, 7) is 0. The van der Waals surface area contributed by atoms with Crippen molar-refractivity contribution in [2.75, 3.05) is 14.2 Å². The van der Waals surface area contributed by atoms with Crippen molar-refractivity contribution in [1.29, 1.82) is 0 Å². The number of pyridine rings is 1. The van der Waals surface area contributed by atoms with E-state index in [0.29, 0.717) is 40.5 Å². The average Bonchev–Trinajstić information content (AvgIpc) is 3.27. The third kappa shape index (κ3) is 3.82. The molecule has 0 aliphatic heterocycles. The summed E-state index contributed by atoms with van der Waals surface area (Å²) < 4.78 is 16.7. The molecule has 0 spiro atoms. The number of nitro benzene ring substituents is 1. The number of ether oxygens (including phenoxy) is 2. The van der Waals surface area contributed by atoms with Crippen LogP contribution in [0, 0.1) is 10.1 Å². The summed E-state index contributed by atoms with van der Waals surface area (Å²) in [4.78, 5) is 19.4. The Kier molecular flexibility index (Phi) is 5.10. The Morgan fingerprint density at radius 3 is 2.45 bits per heavy atom. The number of aromatic nitrogens is 2. The number of oxazole rings is 1. The van der Waals surface area contributed by atoms with Crippen LogP contribution in [-0.4, -0.2) is 29.1 Å². The van der Waals surface area contributed by atoms with Gasteiger partial charge in [0.1, 0.15) is 5.52 Å². The molecule has 0 fully saturated rings. The minimum Gasteiger partial charge on any atom is -0.493 e. The zero-order chi connectivity index (χ0) is 22.9. The van der Waals surface area contributed by atoms with Crippen LogP contribution in [0.2, 0.25) is 0 Å². The van der Waals surface area contributed by atoms with Gasteiger partial charge in [-0.05, 0) is 59.3 Å². The predicted octanol–water partition coefficient (Wildman–Crippen LogP) is 5.56. The van der Waals surface area contributed by atoms with Gasteiger partial charge in [-0.2, -0.15) is 0 Å². The SMILES string of the molecule is COc1cc2cncc(Cc3ccc4oc(-c5ccc([N+](=O)[O-])cc5)nc4c3)c2cc1OC. The summed E-state index contributed by atoms with van der Waals surface area (Å²) in [5, 5.41) is 12.9. The lowest BCUT2D eigenvalue weighted by atomic mass is 10.00. The fraction of sp³-hybridized carbons (Fsp3) is 0.120. The highest BCUT2D eigenvalue weighted by Crippen LogP contribution is 2.34. The molecule has 0 aliphatic carbocycles. The number of nitrogens with zero attached hydrogens (tertiary/aromatic N) is 3. The highest BCUT2D eigenvalue weighted by molar-refractivity contribution is 5.88. The van der Waals surface area contributed by atoms with E-state index in [2.05, 4.69) is 9.97 Å². The van der Waals surface area contributed by atoms with Crippen molar-refractivity contribution in [2.24, 2.45) is 0 Å². The third-order valence-corrected chi connectivity index (χ3v) is 5.52. The first-order valence-electron chi connectivity index (χ1n) is 10.2. The number of non-ortho nitro benzene ring substituents is 1. The van der Waals surface area contributed by atoms with Crippen LogP contribution >= 0.6 is 0 Å². The average molecular weight is 441 g/mol. The quantitative estimate of drug-likeness (QED) is 0.251. The lowest BCUT2D eigenvalue weighted by molar-refractivity contribution is -0.384. The molecule has 0 saturated heterocycles. The van der Waals surface area contributed by atoms with Crippen LogP contribution in [0.4, 0.5) is 5.69 Å². The van der Waals surface area contributed by atoms with Crippen molar-refractivity contribution in [3.05, 3.63) is 88.2 Å². The molecule has 164 valence electrons. The largest absolute Gasteiger partial charge is 0.493 e. The molecule has 0 radical (unpaired) electrons. The number of hydrogen-bond donors (Lipinski definition) is 0. The van der Waals surface area contributed by atoms with Crippen LogP contribution in [0.5, 0.6) is 11.5 Å². The monoisotopic (exact) mass is 441 g/mol. The van der Waals surface area contributed by atoms with E-state index in [9.17, 15) is 10.1 Å². The number of hydrogen-bond acceptors (Lipinski definition) is 7. The Hall–Kier alpha value is -4.46. The topological polar surface area (TPSA) is 101 Å². The van der Waals surface area contributed by atoms with Gasteiger partial charge in [0, 0.05) is 35.5 Å². The number of nitro groups is 1. The van der Waals surface area contributed by atoms with Crippen molar-refractivity contribution in [3.8, 4) is 23.0 Å². The summed E-state index contributed by atoms with van der Waals surface area (Å²) in [6, 6.07) is 15.9. The first-order valence-corrected chi connectivity index (χ1v) is 10.2. The molecule has 0 amide bonds.